The molecule has 0 fully saturated rings. The van der Waals surface area contributed by atoms with Crippen molar-refractivity contribution in [1.82, 2.24) is 4.98 Å². The van der Waals surface area contributed by atoms with Gasteiger partial charge in [0.1, 0.15) is 6.10 Å². The van der Waals surface area contributed by atoms with E-state index < -0.39 is 12.2 Å². The first kappa shape index (κ1) is 11.4. The summed E-state index contributed by atoms with van der Waals surface area (Å²) in [5, 5.41) is 19.6. The Morgan fingerprint density at radius 3 is 2.57 bits per heavy atom. The second-order valence-corrected chi connectivity index (χ2v) is 4.15. The second kappa shape index (κ2) is 4.70. The van der Waals surface area contributed by atoms with Crippen molar-refractivity contribution in [3.05, 3.63) is 10.6 Å². The minimum absolute atomic E-state index is 0.339. The minimum atomic E-state index is -0.937. The van der Waals surface area contributed by atoms with Crippen LogP contribution in [0.4, 0.5) is 5.13 Å². The molecule has 14 heavy (non-hydrogen) atoms. The van der Waals surface area contributed by atoms with Gasteiger partial charge in [-0.15, -0.1) is 0 Å². The monoisotopic (exact) mass is 217 g/mol. The van der Waals surface area contributed by atoms with Gasteiger partial charge in [-0.25, -0.2) is 4.98 Å². The van der Waals surface area contributed by atoms with Crippen molar-refractivity contribution < 1.29 is 10.2 Å². The third kappa shape index (κ3) is 2.42. The molecule has 0 aliphatic heterocycles. The van der Waals surface area contributed by atoms with Crippen LogP contribution in [0.15, 0.2) is 0 Å². The van der Waals surface area contributed by atoms with E-state index in [0.717, 1.165) is 0 Å². The molecule has 6 heteroatoms. The fraction of sp³-hybridized carbons (Fsp3) is 0.625. The normalized spacial score (nSPS) is 15.4. The Hall–Kier alpha value is -0.690. The molecule has 80 valence electrons. The van der Waals surface area contributed by atoms with Gasteiger partial charge in [0.05, 0.1) is 16.7 Å². The quantitative estimate of drug-likeness (QED) is 0.558. The van der Waals surface area contributed by atoms with Crippen LogP contribution in [-0.2, 0) is 0 Å². The average Bonchev–Trinajstić information content (AvgIpc) is 2.44. The Kier molecular flexibility index (Phi) is 3.82. The Bertz CT molecular complexity index is 303. The fourth-order valence-electron chi connectivity index (χ4n) is 1.21. The Balaban J connectivity index is 2.77. The molecule has 1 aromatic heterocycles. The van der Waals surface area contributed by atoms with Gasteiger partial charge >= 0.3 is 0 Å². The van der Waals surface area contributed by atoms with E-state index in [1.54, 1.807) is 6.92 Å². The number of hydrogen-bond donors (Lipinski definition) is 4. The summed E-state index contributed by atoms with van der Waals surface area (Å²) < 4.78 is 0. The first-order chi connectivity index (χ1) is 6.56. The van der Waals surface area contributed by atoms with Crippen molar-refractivity contribution in [2.24, 2.45) is 5.73 Å². The maximum Gasteiger partial charge on any atom is 0.180 e. The van der Waals surface area contributed by atoms with Gasteiger partial charge in [0, 0.05) is 0 Å². The highest BCUT2D eigenvalue weighted by Crippen LogP contribution is 2.29. The van der Waals surface area contributed by atoms with E-state index in [1.807, 2.05) is 0 Å². The smallest absolute Gasteiger partial charge is 0.180 e. The molecule has 0 spiro atoms. The van der Waals surface area contributed by atoms with Gasteiger partial charge < -0.3 is 21.7 Å². The predicted molar refractivity (Wildman–Crippen MR) is 55.9 cm³/mol. The molecule has 5 nitrogen and oxygen atoms in total. The number of thiazole rings is 1. The topological polar surface area (TPSA) is 105 Å². The number of aliphatic hydroxyl groups excluding tert-OH is 2. The number of nitrogens with two attached hydrogens (primary N) is 2. The van der Waals surface area contributed by atoms with Gasteiger partial charge in [-0.05, 0) is 19.9 Å². The summed E-state index contributed by atoms with van der Waals surface area (Å²) in [5.41, 5.74) is 11.4. The lowest BCUT2D eigenvalue weighted by Crippen LogP contribution is -2.21. The van der Waals surface area contributed by atoms with Crippen LogP contribution < -0.4 is 11.5 Å². The third-order valence-corrected chi connectivity index (χ3v) is 3.00. The van der Waals surface area contributed by atoms with Crippen LogP contribution in [0.3, 0.4) is 0 Å². The highest BCUT2D eigenvalue weighted by atomic mass is 32.1. The molecule has 0 saturated carbocycles. The van der Waals surface area contributed by atoms with Crippen LogP contribution in [0.1, 0.15) is 23.1 Å². The summed E-state index contributed by atoms with van der Waals surface area (Å²) in [4.78, 5) is 4.58. The number of rotatable bonds is 4. The van der Waals surface area contributed by atoms with Gasteiger partial charge in [-0.1, -0.05) is 11.3 Å². The van der Waals surface area contributed by atoms with Crippen LogP contribution in [0.5, 0.6) is 0 Å². The van der Waals surface area contributed by atoms with E-state index in [9.17, 15) is 10.2 Å². The summed E-state index contributed by atoms with van der Waals surface area (Å²) in [6.07, 6.45) is -1.43. The molecule has 2 unspecified atom stereocenters. The van der Waals surface area contributed by atoms with E-state index in [0.29, 0.717) is 28.7 Å². The van der Waals surface area contributed by atoms with Crippen LogP contribution in [-0.4, -0.2) is 27.8 Å². The van der Waals surface area contributed by atoms with Crippen molar-refractivity contribution in [3.8, 4) is 0 Å². The van der Waals surface area contributed by atoms with Crippen molar-refractivity contribution >= 4 is 16.5 Å². The second-order valence-electron chi connectivity index (χ2n) is 3.09. The fourth-order valence-corrected chi connectivity index (χ4v) is 2.09. The average molecular weight is 217 g/mol. The summed E-state index contributed by atoms with van der Waals surface area (Å²) in [6, 6.07) is 0. The number of aliphatic hydroxyl groups is 2. The lowest BCUT2D eigenvalue weighted by Gasteiger charge is -2.15. The summed E-state index contributed by atoms with van der Waals surface area (Å²) in [6.45, 7) is 2.09. The molecule has 6 N–H and O–H groups in total. The Morgan fingerprint density at radius 2 is 2.14 bits per heavy atom. The molecule has 0 aromatic carbocycles. The molecule has 1 heterocycles. The molecule has 1 aromatic rings. The SMILES string of the molecule is Cc1nc(N)sc1C(O)C(O)CCN. The predicted octanol–water partition coefficient (Wildman–Crippen LogP) is -0.223. The van der Waals surface area contributed by atoms with Gasteiger partial charge in [-0.3, -0.25) is 0 Å². The van der Waals surface area contributed by atoms with Crippen LogP contribution in [0.25, 0.3) is 0 Å². The molecule has 1 rings (SSSR count). The first-order valence-electron chi connectivity index (χ1n) is 4.35. The minimum Gasteiger partial charge on any atom is -0.390 e. The van der Waals surface area contributed by atoms with Crippen LogP contribution in [0, 0.1) is 6.92 Å². The highest BCUT2D eigenvalue weighted by Gasteiger charge is 2.22. The number of hydrogen-bond acceptors (Lipinski definition) is 6. The van der Waals surface area contributed by atoms with Crippen molar-refractivity contribution in [1.29, 1.82) is 0 Å². The molecule has 0 aliphatic carbocycles. The van der Waals surface area contributed by atoms with E-state index >= 15 is 0 Å². The molecule has 0 bridgehead atoms. The van der Waals surface area contributed by atoms with E-state index in [2.05, 4.69) is 4.98 Å². The molecule has 2 atom stereocenters. The van der Waals surface area contributed by atoms with E-state index in [-0.39, 0.29) is 0 Å². The van der Waals surface area contributed by atoms with Crippen LogP contribution in [0.2, 0.25) is 0 Å². The van der Waals surface area contributed by atoms with Crippen LogP contribution >= 0.6 is 11.3 Å². The van der Waals surface area contributed by atoms with Gasteiger partial charge in [-0.2, -0.15) is 0 Å². The Morgan fingerprint density at radius 1 is 1.50 bits per heavy atom. The zero-order valence-electron chi connectivity index (χ0n) is 7.97. The molecule has 0 amide bonds. The number of nitrogen functional groups attached to an aromatic ring is 1. The van der Waals surface area contributed by atoms with Crippen molar-refractivity contribution in [2.75, 3.05) is 12.3 Å². The zero-order valence-corrected chi connectivity index (χ0v) is 8.79. The summed E-state index contributed by atoms with van der Waals surface area (Å²) in [5.74, 6) is 0. The van der Waals surface area contributed by atoms with E-state index in [4.69, 9.17) is 11.5 Å². The number of nitrogens with zero attached hydrogens (tertiary/aromatic N) is 1. The molecule has 0 saturated heterocycles. The van der Waals surface area contributed by atoms with Gasteiger partial charge in [0.15, 0.2) is 5.13 Å². The van der Waals surface area contributed by atoms with Gasteiger partial charge in [0.25, 0.3) is 0 Å². The molecular formula is C8H15N3O2S. The molecule has 0 radical (unpaired) electrons. The lowest BCUT2D eigenvalue weighted by molar-refractivity contribution is 0.0167. The maximum absolute atomic E-state index is 9.72. The lowest BCUT2D eigenvalue weighted by atomic mass is 10.1. The van der Waals surface area contributed by atoms with Crippen molar-refractivity contribution in [2.45, 2.75) is 25.6 Å². The number of anilines is 1. The number of aromatic nitrogens is 1. The first-order valence-corrected chi connectivity index (χ1v) is 5.17. The molecular weight excluding hydrogens is 202 g/mol. The Labute approximate surface area is 86.4 Å². The maximum atomic E-state index is 9.72. The largest absolute Gasteiger partial charge is 0.390 e. The summed E-state index contributed by atoms with van der Waals surface area (Å²) in [7, 11) is 0. The highest BCUT2D eigenvalue weighted by molar-refractivity contribution is 7.15. The summed E-state index contributed by atoms with van der Waals surface area (Å²) >= 11 is 1.19. The third-order valence-electron chi connectivity index (χ3n) is 1.94. The van der Waals surface area contributed by atoms with E-state index in [1.165, 1.54) is 11.3 Å². The molecule has 0 aliphatic rings. The standard InChI is InChI=1S/C8H15N3O2S/c1-4-7(14-8(10)11-4)6(13)5(12)2-3-9/h5-6,12-13H,2-3,9H2,1H3,(H2,10,11). The zero-order chi connectivity index (χ0) is 10.7. The van der Waals surface area contributed by atoms with Gasteiger partial charge in [0.2, 0.25) is 0 Å². The van der Waals surface area contributed by atoms with Crippen molar-refractivity contribution in [3.63, 3.8) is 0 Å². The number of aryl methyl sites for hydroxylation is 1.